The van der Waals surface area contributed by atoms with Gasteiger partial charge in [-0.3, -0.25) is 9.79 Å². The number of carbonyl (C=O) groups is 1. The van der Waals surface area contributed by atoms with E-state index < -0.39 is 16.9 Å². The summed E-state index contributed by atoms with van der Waals surface area (Å²) in [5.74, 6) is 4.39. The summed E-state index contributed by atoms with van der Waals surface area (Å²) in [6.07, 6.45) is 9.02. The predicted molar refractivity (Wildman–Crippen MR) is 119 cm³/mol. The molecular weight excluding hydrogens is 396 g/mol. The molecule has 1 aromatic heterocycles. The number of aromatic amines is 1. The van der Waals surface area contributed by atoms with Gasteiger partial charge in [0.05, 0.1) is 0 Å². The van der Waals surface area contributed by atoms with Gasteiger partial charge < -0.3 is 14.9 Å². The van der Waals surface area contributed by atoms with Crippen molar-refractivity contribution in [3.05, 3.63) is 36.0 Å². The lowest BCUT2D eigenvalue weighted by molar-refractivity contribution is -0.124. The average molecular weight is 423 g/mol. The summed E-state index contributed by atoms with van der Waals surface area (Å²) < 4.78 is 14.6. The van der Waals surface area contributed by atoms with Crippen molar-refractivity contribution in [1.29, 1.82) is 0 Å². The highest BCUT2D eigenvalue weighted by atomic mass is 32.2. The van der Waals surface area contributed by atoms with Gasteiger partial charge in [0.2, 0.25) is 0 Å². The number of benzene rings is 1. The van der Waals surface area contributed by atoms with Crippen molar-refractivity contribution in [1.82, 2.24) is 14.6 Å². The first-order chi connectivity index (χ1) is 14.6. The van der Waals surface area contributed by atoms with Crippen molar-refractivity contribution in [2.45, 2.75) is 50.5 Å². The number of nitrogens with zero attached hydrogens (tertiary/aromatic N) is 2. The van der Waals surface area contributed by atoms with Crippen LogP contribution in [0.25, 0.3) is 10.9 Å². The molecule has 5 rings (SSSR count). The number of aliphatic imine (C=N–C) groups is 1. The first-order valence-corrected chi connectivity index (χ1v) is 11.9. The summed E-state index contributed by atoms with van der Waals surface area (Å²) >= 11 is -1.40. The highest BCUT2D eigenvalue weighted by molar-refractivity contribution is 7.93. The summed E-state index contributed by atoms with van der Waals surface area (Å²) in [6.45, 7) is 1.12. The van der Waals surface area contributed by atoms with Gasteiger partial charge in [-0.1, -0.05) is 25.3 Å². The molecule has 3 aliphatic rings. The lowest BCUT2D eigenvalue weighted by atomic mass is 9.88. The molecule has 0 bridgehead atoms. The number of hydrogen-bond donors (Lipinski definition) is 2. The highest BCUT2D eigenvalue weighted by Crippen LogP contribution is 2.34. The summed E-state index contributed by atoms with van der Waals surface area (Å²) in [5, 5.41) is 7.01. The van der Waals surface area contributed by atoms with Crippen LogP contribution in [-0.2, 0) is 16.2 Å². The van der Waals surface area contributed by atoms with Crippen molar-refractivity contribution in [2.75, 3.05) is 13.1 Å². The Hall–Kier alpha value is -2.27. The average Bonchev–Trinajstić information content (AvgIpc) is 3.39. The first kappa shape index (κ1) is 19.7. The molecule has 30 heavy (non-hydrogen) atoms. The van der Waals surface area contributed by atoms with Crippen LogP contribution in [-0.4, -0.2) is 44.2 Å². The quantitative estimate of drug-likeness (QED) is 0.576. The zero-order valence-corrected chi connectivity index (χ0v) is 17.8. The van der Waals surface area contributed by atoms with E-state index in [0.717, 1.165) is 35.1 Å². The summed E-state index contributed by atoms with van der Waals surface area (Å²) in [6, 6.07) is 7.86. The topological polar surface area (TPSA) is 83.6 Å². The minimum Gasteiger partial charge on any atom is -0.585 e. The molecule has 3 heterocycles. The molecule has 1 aromatic carbocycles. The third-order valence-electron chi connectivity index (χ3n) is 6.64. The minimum atomic E-state index is -1.40. The number of nitrogens with one attached hydrogen (secondary N) is 2. The van der Waals surface area contributed by atoms with E-state index in [4.69, 9.17) is 4.99 Å². The van der Waals surface area contributed by atoms with Crippen LogP contribution < -0.4 is 5.32 Å². The van der Waals surface area contributed by atoms with Gasteiger partial charge in [-0.25, -0.2) is 0 Å². The number of piperidine rings is 1. The second kappa shape index (κ2) is 8.10. The van der Waals surface area contributed by atoms with Gasteiger partial charge in [-0.2, -0.15) is 0 Å². The smallest absolute Gasteiger partial charge is 0.253 e. The molecule has 1 saturated carbocycles. The fraction of sp³-hybridized carbons (Fsp3) is 0.478. The van der Waals surface area contributed by atoms with Gasteiger partial charge in [0.25, 0.3) is 5.91 Å². The molecule has 2 aromatic rings. The Morgan fingerprint density at radius 3 is 2.77 bits per heavy atom. The van der Waals surface area contributed by atoms with Crippen molar-refractivity contribution in [2.24, 2.45) is 10.9 Å². The Morgan fingerprint density at radius 1 is 1.17 bits per heavy atom. The lowest BCUT2D eigenvalue weighted by Crippen LogP contribution is -2.50. The Kier molecular flexibility index (Phi) is 5.32. The molecule has 1 atom stereocenters. The number of aromatic nitrogens is 1. The largest absolute Gasteiger partial charge is 0.585 e. The number of hydrogen-bond acceptors (Lipinski definition) is 4. The number of H-pyrrole nitrogens is 1. The second-order valence-corrected chi connectivity index (χ2v) is 9.69. The maximum absolute atomic E-state index is 12.8. The Balaban J connectivity index is 1.25. The van der Waals surface area contributed by atoms with E-state index >= 15 is 0 Å². The monoisotopic (exact) mass is 422 g/mol. The molecule has 1 unspecified atom stereocenters. The molecule has 156 valence electrons. The van der Waals surface area contributed by atoms with E-state index in [1.807, 2.05) is 34.8 Å². The summed E-state index contributed by atoms with van der Waals surface area (Å²) in [4.78, 5) is 20.8. The standard InChI is InChI=1S/C23H26N4O2S/c28-22-23(26-21(25-22)18-5-2-1-3-6-18)11-14-27(15-12-23)30(29)16-10-17-7-4-8-20-19(17)9-13-24-20/h4,7-9,13,18,24H,1-3,5-6,11-12,14-15H2,(H,25,26,28). The predicted octanol–water partition coefficient (Wildman–Crippen LogP) is 3.08. The van der Waals surface area contributed by atoms with E-state index in [0.29, 0.717) is 31.8 Å². The summed E-state index contributed by atoms with van der Waals surface area (Å²) in [5.41, 5.74) is 1.22. The lowest BCUT2D eigenvalue weighted by Gasteiger charge is -2.33. The van der Waals surface area contributed by atoms with E-state index in [9.17, 15) is 9.35 Å². The first-order valence-electron chi connectivity index (χ1n) is 10.8. The summed E-state index contributed by atoms with van der Waals surface area (Å²) in [7, 11) is 0. The second-order valence-electron chi connectivity index (χ2n) is 8.47. The van der Waals surface area contributed by atoms with Crippen LogP contribution in [0.15, 0.2) is 35.5 Å². The molecule has 6 nitrogen and oxygen atoms in total. The van der Waals surface area contributed by atoms with Gasteiger partial charge in [0.1, 0.15) is 22.7 Å². The minimum absolute atomic E-state index is 0.0266. The number of fused-ring (bicyclic) bond motifs is 1. The van der Waals surface area contributed by atoms with Crippen LogP contribution in [0.5, 0.6) is 0 Å². The molecule has 1 aliphatic carbocycles. The molecule has 2 aliphatic heterocycles. The molecule has 0 radical (unpaired) electrons. The van der Waals surface area contributed by atoms with E-state index in [2.05, 4.69) is 21.5 Å². The van der Waals surface area contributed by atoms with Crippen molar-refractivity contribution in [3.63, 3.8) is 0 Å². The third kappa shape index (κ3) is 3.64. The van der Waals surface area contributed by atoms with Gasteiger partial charge >= 0.3 is 0 Å². The van der Waals surface area contributed by atoms with E-state index in [-0.39, 0.29) is 5.91 Å². The molecule has 1 saturated heterocycles. The normalized spacial score (nSPS) is 23.1. The fourth-order valence-corrected chi connectivity index (χ4v) is 5.67. The van der Waals surface area contributed by atoms with Gasteiger partial charge in [-0.05, 0) is 49.8 Å². The maximum Gasteiger partial charge on any atom is 0.253 e. The highest BCUT2D eigenvalue weighted by Gasteiger charge is 2.48. The van der Waals surface area contributed by atoms with Gasteiger partial charge in [-0.15, -0.1) is 4.31 Å². The number of amidine groups is 1. The molecule has 2 N–H and O–H groups in total. The zero-order chi connectivity index (χ0) is 20.6. The molecule has 1 spiro atoms. The number of carbonyl (C=O) groups excluding carboxylic acids is 1. The van der Waals surface area contributed by atoms with Crippen molar-refractivity contribution in [3.8, 4) is 11.2 Å². The zero-order valence-electron chi connectivity index (χ0n) is 16.9. The number of rotatable bonds is 2. The van der Waals surface area contributed by atoms with Gasteiger partial charge in [0.15, 0.2) is 5.25 Å². The van der Waals surface area contributed by atoms with Crippen LogP contribution in [0.4, 0.5) is 0 Å². The molecular formula is C23H26N4O2S. The molecule has 2 fully saturated rings. The van der Waals surface area contributed by atoms with Gasteiger partial charge in [0, 0.05) is 41.7 Å². The van der Waals surface area contributed by atoms with E-state index in [1.54, 1.807) is 0 Å². The van der Waals surface area contributed by atoms with E-state index in [1.165, 1.54) is 19.3 Å². The third-order valence-corrected chi connectivity index (χ3v) is 7.75. The van der Waals surface area contributed by atoms with Crippen LogP contribution >= 0.6 is 0 Å². The Labute approximate surface area is 179 Å². The molecule has 1 amide bonds. The van der Waals surface area contributed by atoms with Crippen LogP contribution in [0.2, 0.25) is 0 Å². The SMILES string of the molecule is O=C1NC(C2CCCCC2)=NC12CCN([S+]([O-])C#Cc1cccc3[nH]ccc13)CC2. The maximum atomic E-state index is 12.8. The molecule has 7 heteroatoms. The number of amides is 1. The van der Waals surface area contributed by atoms with Crippen LogP contribution in [0.1, 0.15) is 50.5 Å². The van der Waals surface area contributed by atoms with Crippen molar-refractivity contribution >= 4 is 34.0 Å². The van der Waals surface area contributed by atoms with Crippen LogP contribution in [0.3, 0.4) is 0 Å². The van der Waals surface area contributed by atoms with Crippen LogP contribution in [0, 0.1) is 17.1 Å². The Morgan fingerprint density at radius 2 is 1.97 bits per heavy atom. The van der Waals surface area contributed by atoms with Crippen molar-refractivity contribution < 1.29 is 9.35 Å². The fourth-order valence-electron chi connectivity index (χ4n) is 4.83. The Bertz CT molecular complexity index is 1040.